The van der Waals surface area contributed by atoms with E-state index in [0.29, 0.717) is 12.4 Å². The maximum atomic E-state index is 12.1. The van der Waals surface area contributed by atoms with Gasteiger partial charge in [0.2, 0.25) is 5.89 Å². The number of benzene rings is 1. The van der Waals surface area contributed by atoms with E-state index in [1.165, 1.54) is 6.26 Å². The number of ether oxygens (including phenoxy) is 1. The summed E-state index contributed by atoms with van der Waals surface area (Å²) in [5.74, 6) is 0.778. The van der Waals surface area contributed by atoms with Crippen LogP contribution in [0.25, 0.3) is 0 Å². The molecule has 24 heavy (non-hydrogen) atoms. The molecule has 1 aromatic carbocycles. The molecule has 6 nitrogen and oxygen atoms in total. The molecule has 0 spiro atoms. The molecule has 0 aliphatic heterocycles. The number of hydrogen-bond donors (Lipinski definition) is 1. The van der Waals surface area contributed by atoms with Crippen LogP contribution < -0.4 is 10.1 Å². The van der Waals surface area contributed by atoms with E-state index in [1.807, 2.05) is 43.3 Å². The molecule has 1 N–H and O–H groups in total. The molecule has 0 radical (unpaired) electrons. The number of oxazole rings is 1. The summed E-state index contributed by atoms with van der Waals surface area (Å²) in [6.45, 7) is 2.53. The first kappa shape index (κ1) is 15.7. The smallest absolute Gasteiger partial charge is 0.273 e. The van der Waals surface area contributed by atoms with Crippen LogP contribution in [0.3, 0.4) is 0 Å². The number of aryl methyl sites for hydroxylation is 1. The number of pyridine rings is 1. The van der Waals surface area contributed by atoms with E-state index in [9.17, 15) is 4.79 Å². The summed E-state index contributed by atoms with van der Waals surface area (Å²) in [5, 5.41) is 2.81. The van der Waals surface area contributed by atoms with Gasteiger partial charge >= 0.3 is 0 Å². The van der Waals surface area contributed by atoms with Gasteiger partial charge in [0, 0.05) is 18.9 Å². The van der Waals surface area contributed by atoms with Crippen LogP contribution in [0.2, 0.25) is 0 Å². The fraction of sp³-hybridized carbons (Fsp3) is 0.167. The second-order valence-corrected chi connectivity index (χ2v) is 5.21. The third-order valence-electron chi connectivity index (χ3n) is 3.47. The second-order valence-electron chi connectivity index (χ2n) is 5.21. The van der Waals surface area contributed by atoms with Crippen LogP contribution in [0.5, 0.6) is 5.75 Å². The maximum absolute atomic E-state index is 12.1. The Morgan fingerprint density at radius 3 is 2.88 bits per heavy atom. The lowest BCUT2D eigenvalue weighted by molar-refractivity contribution is 0.0945. The van der Waals surface area contributed by atoms with Crippen LogP contribution in [-0.2, 0) is 13.2 Å². The molecule has 3 aromatic rings. The molecular formula is C18H17N3O3. The van der Waals surface area contributed by atoms with Gasteiger partial charge in [-0.25, -0.2) is 4.98 Å². The fourth-order valence-electron chi connectivity index (χ4n) is 2.11. The van der Waals surface area contributed by atoms with E-state index in [2.05, 4.69) is 15.3 Å². The van der Waals surface area contributed by atoms with Crippen LogP contribution in [0.1, 0.15) is 27.5 Å². The van der Waals surface area contributed by atoms with Gasteiger partial charge in [0.1, 0.15) is 12.0 Å². The van der Waals surface area contributed by atoms with Gasteiger partial charge in [0.05, 0.1) is 0 Å². The molecule has 0 unspecified atom stereocenters. The van der Waals surface area contributed by atoms with Crippen molar-refractivity contribution in [2.24, 2.45) is 0 Å². The number of para-hydroxylation sites is 1. The van der Waals surface area contributed by atoms with E-state index in [-0.39, 0.29) is 18.2 Å². The van der Waals surface area contributed by atoms with Crippen molar-refractivity contribution in [2.45, 2.75) is 20.1 Å². The average molecular weight is 323 g/mol. The normalized spacial score (nSPS) is 10.4. The molecule has 2 heterocycles. The van der Waals surface area contributed by atoms with Crippen LogP contribution in [0.4, 0.5) is 0 Å². The average Bonchev–Trinajstić information content (AvgIpc) is 3.09. The zero-order chi connectivity index (χ0) is 16.8. The van der Waals surface area contributed by atoms with E-state index in [0.717, 1.165) is 16.9 Å². The van der Waals surface area contributed by atoms with Gasteiger partial charge < -0.3 is 14.5 Å². The summed E-state index contributed by atoms with van der Waals surface area (Å²) in [6, 6.07) is 11.2. The number of hydrogen-bond acceptors (Lipinski definition) is 5. The van der Waals surface area contributed by atoms with Crippen molar-refractivity contribution in [3.8, 4) is 5.75 Å². The van der Waals surface area contributed by atoms with Crippen LogP contribution in [-0.4, -0.2) is 15.9 Å². The molecule has 0 saturated heterocycles. The highest BCUT2D eigenvalue weighted by molar-refractivity contribution is 5.91. The Morgan fingerprint density at radius 2 is 2.08 bits per heavy atom. The Bertz CT molecular complexity index is 815. The Balaban J connectivity index is 1.55. The SMILES string of the molecule is Cc1cnccc1CNC(=O)c1coc(COc2ccccc2)n1. The molecule has 0 aliphatic carbocycles. The van der Waals surface area contributed by atoms with Crippen molar-refractivity contribution in [1.29, 1.82) is 0 Å². The number of nitrogens with zero attached hydrogens (tertiary/aromatic N) is 2. The number of rotatable bonds is 6. The number of carbonyl (C=O) groups is 1. The zero-order valence-corrected chi connectivity index (χ0v) is 13.2. The second kappa shape index (κ2) is 7.41. The molecule has 0 aliphatic rings. The van der Waals surface area contributed by atoms with E-state index < -0.39 is 0 Å². The van der Waals surface area contributed by atoms with Gasteiger partial charge in [-0.05, 0) is 36.2 Å². The minimum Gasteiger partial charge on any atom is -0.484 e. The lowest BCUT2D eigenvalue weighted by Crippen LogP contribution is -2.23. The molecule has 0 fully saturated rings. The highest BCUT2D eigenvalue weighted by Gasteiger charge is 2.12. The highest BCUT2D eigenvalue weighted by Crippen LogP contribution is 2.12. The third kappa shape index (κ3) is 3.98. The molecule has 2 aromatic heterocycles. The first-order chi connectivity index (χ1) is 11.7. The first-order valence-electron chi connectivity index (χ1n) is 7.52. The molecule has 6 heteroatoms. The number of amides is 1. The molecule has 1 amide bonds. The fourth-order valence-corrected chi connectivity index (χ4v) is 2.11. The Morgan fingerprint density at radius 1 is 1.25 bits per heavy atom. The Hall–Kier alpha value is -3.15. The first-order valence-corrected chi connectivity index (χ1v) is 7.52. The lowest BCUT2D eigenvalue weighted by atomic mass is 10.1. The molecule has 122 valence electrons. The van der Waals surface area contributed by atoms with Crippen molar-refractivity contribution in [2.75, 3.05) is 0 Å². The predicted octanol–water partition coefficient (Wildman–Crippen LogP) is 2.89. The number of carbonyl (C=O) groups excluding carboxylic acids is 1. The van der Waals surface area contributed by atoms with Crippen molar-refractivity contribution in [3.63, 3.8) is 0 Å². The van der Waals surface area contributed by atoms with E-state index >= 15 is 0 Å². The quantitative estimate of drug-likeness (QED) is 0.755. The van der Waals surface area contributed by atoms with Gasteiger partial charge in [-0.1, -0.05) is 18.2 Å². The zero-order valence-electron chi connectivity index (χ0n) is 13.2. The number of aromatic nitrogens is 2. The standard InChI is InChI=1S/C18H17N3O3/c1-13-9-19-8-7-14(13)10-20-18(22)16-11-24-17(21-16)12-23-15-5-3-2-4-6-15/h2-9,11H,10,12H2,1H3,(H,20,22). The monoisotopic (exact) mass is 323 g/mol. The largest absolute Gasteiger partial charge is 0.484 e. The molecule has 0 saturated carbocycles. The van der Waals surface area contributed by atoms with E-state index in [4.69, 9.17) is 9.15 Å². The summed E-state index contributed by atoms with van der Waals surface area (Å²) in [5.41, 5.74) is 2.26. The predicted molar refractivity (Wildman–Crippen MR) is 87.4 cm³/mol. The van der Waals surface area contributed by atoms with Gasteiger partial charge in [0.15, 0.2) is 12.3 Å². The Labute approximate surface area is 139 Å². The van der Waals surface area contributed by atoms with Crippen molar-refractivity contribution < 1.29 is 13.9 Å². The molecule has 0 bridgehead atoms. The number of nitrogens with one attached hydrogen (secondary N) is 1. The highest BCUT2D eigenvalue weighted by atomic mass is 16.5. The van der Waals surface area contributed by atoms with Crippen LogP contribution in [0, 0.1) is 6.92 Å². The van der Waals surface area contributed by atoms with Gasteiger partial charge in [-0.2, -0.15) is 0 Å². The summed E-state index contributed by atoms with van der Waals surface area (Å²) >= 11 is 0. The van der Waals surface area contributed by atoms with Gasteiger partial charge in [0.25, 0.3) is 5.91 Å². The van der Waals surface area contributed by atoms with Gasteiger partial charge in [-0.15, -0.1) is 0 Å². The summed E-state index contributed by atoms with van der Waals surface area (Å²) < 4.78 is 10.8. The third-order valence-corrected chi connectivity index (χ3v) is 3.47. The summed E-state index contributed by atoms with van der Waals surface area (Å²) in [6.07, 6.45) is 4.79. The topological polar surface area (TPSA) is 77.2 Å². The molecule has 3 rings (SSSR count). The van der Waals surface area contributed by atoms with Crippen molar-refractivity contribution in [1.82, 2.24) is 15.3 Å². The minimum absolute atomic E-state index is 0.167. The van der Waals surface area contributed by atoms with Crippen molar-refractivity contribution >= 4 is 5.91 Å². The van der Waals surface area contributed by atoms with E-state index in [1.54, 1.807) is 12.4 Å². The lowest BCUT2D eigenvalue weighted by Gasteiger charge is -2.05. The summed E-state index contributed by atoms with van der Waals surface area (Å²) in [4.78, 5) is 20.3. The van der Waals surface area contributed by atoms with Crippen molar-refractivity contribution in [3.05, 3.63) is 77.8 Å². The van der Waals surface area contributed by atoms with Crippen LogP contribution >= 0.6 is 0 Å². The molecule has 0 atom stereocenters. The maximum Gasteiger partial charge on any atom is 0.273 e. The molecular weight excluding hydrogens is 306 g/mol. The summed E-state index contributed by atoms with van der Waals surface area (Å²) in [7, 11) is 0. The van der Waals surface area contributed by atoms with Gasteiger partial charge in [-0.3, -0.25) is 9.78 Å². The van der Waals surface area contributed by atoms with Crippen LogP contribution in [0.15, 0.2) is 59.5 Å². The minimum atomic E-state index is -0.291. The Kier molecular flexibility index (Phi) is 4.86.